The predicted molar refractivity (Wildman–Crippen MR) is 99.6 cm³/mol. The summed E-state index contributed by atoms with van der Waals surface area (Å²) in [5.41, 5.74) is 0. The fourth-order valence-corrected chi connectivity index (χ4v) is 2.44. The third kappa shape index (κ3) is 11.0. The Morgan fingerprint density at radius 3 is 0.750 bits per heavy atom. The van der Waals surface area contributed by atoms with E-state index in [9.17, 15) is 0 Å². The molecule has 4 aliphatic rings. The third-order valence-corrected chi connectivity index (χ3v) is 3.96. The van der Waals surface area contributed by atoms with Crippen molar-refractivity contribution in [2.45, 2.75) is 0 Å². The van der Waals surface area contributed by atoms with Gasteiger partial charge in [-0.15, -0.1) is 0 Å². The maximum atomic E-state index is 3.28. The minimum atomic E-state index is 0. The first kappa shape index (κ1) is 26.0. The second-order valence-electron chi connectivity index (χ2n) is 4.55. The van der Waals surface area contributed by atoms with Gasteiger partial charge in [0, 0.05) is 9.65 Å². The molecule has 0 N–H and O–H groups in total. The first-order chi connectivity index (χ1) is 10.8. The van der Waals surface area contributed by atoms with Crippen molar-refractivity contribution in [2.24, 2.45) is 0 Å². The Hall–Kier alpha value is 2.00. The van der Waals surface area contributed by atoms with Crippen LogP contribution in [0.15, 0.2) is 0 Å². The monoisotopic (exact) mass is 526 g/mol. The van der Waals surface area contributed by atoms with Crippen molar-refractivity contribution >= 4 is 31.9 Å². The first-order valence-electron chi connectivity index (χ1n) is 6.94. The summed E-state index contributed by atoms with van der Waals surface area (Å²) in [6, 6.07) is 0. The van der Waals surface area contributed by atoms with Gasteiger partial charge in [-0.3, -0.25) is 0 Å². The molecule has 0 spiro atoms. The summed E-state index contributed by atoms with van der Waals surface area (Å²) >= 11 is 6.56. The number of halogens is 2. The van der Waals surface area contributed by atoms with Crippen LogP contribution in [0.2, 0.25) is 0 Å². The molecular weight excluding hydrogens is 512 g/mol. The van der Waals surface area contributed by atoms with Crippen molar-refractivity contribution in [1.29, 1.82) is 0 Å². The van der Waals surface area contributed by atoms with E-state index in [1.165, 1.54) is 11.8 Å². The molecule has 0 aromatic carbocycles. The van der Waals surface area contributed by atoms with Gasteiger partial charge in [0.15, 0.2) is 0 Å². The Kier molecular flexibility index (Phi) is 17.3. The van der Waals surface area contributed by atoms with Gasteiger partial charge in [-0.05, 0) is 115 Å². The summed E-state index contributed by atoms with van der Waals surface area (Å²) in [6.07, 6.45) is 32.7. The molecule has 0 atom stereocenters. The molecule has 0 amide bonds. The molecule has 0 saturated heterocycles. The van der Waals surface area contributed by atoms with Crippen molar-refractivity contribution in [1.82, 2.24) is 0 Å². The molecule has 20 radical (unpaired) electrons. The molecule has 4 fully saturated rings. The van der Waals surface area contributed by atoms with Crippen molar-refractivity contribution in [3.63, 3.8) is 0 Å². The Morgan fingerprint density at radius 2 is 0.583 bits per heavy atom. The van der Waals surface area contributed by atoms with Gasteiger partial charge >= 0.3 is 34.1 Å². The van der Waals surface area contributed by atoms with Crippen LogP contribution >= 0.6 is 31.9 Å². The molecule has 4 aliphatic carbocycles. The molecule has 0 heterocycles. The van der Waals surface area contributed by atoms with Crippen LogP contribution in [0, 0.1) is 124 Å². The summed E-state index contributed by atoms with van der Waals surface area (Å²) in [5.74, 6) is 2.62. The third-order valence-electron chi connectivity index (χ3n) is 2.90. The molecule has 122 valence electrons. The molecule has 4 saturated carbocycles. The van der Waals surface area contributed by atoms with Crippen LogP contribution in [0.25, 0.3) is 0 Å². The Balaban J connectivity index is 0.000000334. The summed E-state index contributed by atoms with van der Waals surface area (Å²) in [4.78, 5) is 2.31. The number of hydrogen-bond donors (Lipinski definition) is 0. The van der Waals surface area contributed by atoms with Gasteiger partial charge in [0.2, 0.25) is 0 Å². The second-order valence-corrected chi connectivity index (χ2v) is 6.38. The molecule has 4 rings (SSSR count). The number of rotatable bonds is 1. The van der Waals surface area contributed by atoms with Crippen molar-refractivity contribution < 1.29 is 34.1 Å². The summed E-state index contributed by atoms with van der Waals surface area (Å²) < 4.78 is 0. The maximum absolute atomic E-state index is 3.28. The largest absolute Gasteiger partial charge is 2.00 e. The van der Waals surface area contributed by atoms with Crippen LogP contribution in [0.5, 0.6) is 0 Å². The quantitative estimate of drug-likeness (QED) is 0.407. The van der Waals surface area contributed by atoms with E-state index in [1.807, 2.05) is 51.4 Å². The second kappa shape index (κ2) is 16.0. The normalized spacial score (nSPS) is 25.2. The molecule has 0 aromatic rings. The van der Waals surface area contributed by atoms with E-state index in [1.54, 1.807) is 0 Å². The van der Waals surface area contributed by atoms with Crippen LogP contribution in [-0.4, -0.2) is 0 Å². The smallest absolute Gasteiger partial charge is 0.0831 e. The molecule has 4 heteroatoms. The number of hydrogen-bond acceptors (Lipinski definition) is 0. The molecule has 0 unspecified atom stereocenters. The van der Waals surface area contributed by atoms with Crippen LogP contribution in [0.4, 0.5) is 0 Å². The van der Waals surface area contributed by atoms with Gasteiger partial charge in [-0.25, -0.2) is 0 Å². The first-order valence-corrected chi connectivity index (χ1v) is 8.52. The van der Waals surface area contributed by atoms with E-state index < -0.39 is 0 Å². The zero-order valence-corrected chi connectivity index (χ0v) is 18.1. The van der Waals surface area contributed by atoms with Crippen LogP contribution in [0.1, 0.15) is 0 Å². The van der Waals surface area contributed by atoms with E-state index in [4.69, 9.17) is 0 Å². The minimum Gasteiger partial charge on any atom is -0.0831 e. The van der Waals surface area contributed by atoms with Crippen molar-refractivity contribution in [3.8, 4) is 0 Å². The van der Waals surface area contributed by atoms with E-state index in [0.717, 1.165) is 9.65 Å². The summed E-state index contributed by atoms with van der Waals surface area (Å²) in [5, 5.41) is 0. The van der Waals surface area contributed by atoms with E-state index in [0.29, 0.717) is 0 Å². The van der Waals surface area contributed by atoms with Gasteiger partial charge in [0.1, 0.15) is 0 Å². The van der Waals surface area contributed by atoms with E-state index in [-0.39, 0.29) is 34.1 Å². The van der Waals surface area contributed by atoms with E-state index in [2.05, 4.69) is 83.2 Å². The molecule has 24 heavy (non-hydrogen) atoms. The van der Waals surface area contributed by atoms with Crippen molar-refractivity contribution in [2.75, 3.05) is 0 Å². The Labute approximate surface area is 189 Å². The Morgan fingerprint density at radius 1 is 0.375 bits per heavy atom. The van der Waals surface area contributed by atoms with Gasteiger partial charge in [0.05, 0.1) is 0 Å². The topological polar surface area (TPSA) is 0 Å². The van der Waals surface area contributed by atoms with Gasteiger partial charge < -0.3 is 0 Å². The zero-order valence-electron chi connectivity index (χ0n) is 12.7. The molecule has 0 aliphatic heterocycles. The maximum Gasteiger partial charge on any atom is 2.00 e. The van der Waals surface area contributed by atoms with E-state index >= 15 is 0 Å². The van der Waals surface area contributed by atoms with Crippen LogP contribution in [0.3, 0.4) is 0 Å². The molecule has 0 aromatic heterocycles. The SMILES string of the molecule is Br[C]1[CH][CH][CH][CH]1.Br[C]1[CH][CH][CH][CH]1.[CH]1[CH][CH][C]([C]2[CH][CH][CH][CH]2)[CH]1.[Fe+2].[Fe+2]. The molecule has 0 bridgehead atoms. The summed E-state index contributed by atoms with van der Waals surface area (Å²) in [7, 11) is 0. The Bertz CT molecular complexity index is 237. The van der Waals surface area contributed by atoms with Gasteiger partial charge in [0.25, 0.3) is 0 Å². The fourth-order valence-electron chi connectivity index (χ4n) is 1.83. The molecular formula is C20H16Br2Fe2+4. The average molecular weight is 528 g/mol. The fraction of sp³-hybridized carbons (Fsp3) is 0. The zero-order chi connectivity index (χ0) is 15.6. The predicted octanol–water partition coefficient (Wildman–Crippen LogP) is 5.28. The standard InChI is InChI=1S/C10H8.2C5H4Br.2Fe/c1-2-6-9(5-1)10-7-3-4-8-10;2*6-5-3-1-2-4-5;;/h1-8H;2*1-4H;;/q;;;2*+2. The minimum absolute atomic E-state index is 0. The average Bonchev–Trinajstić information content (AvgIpc) is 3.30. The summed E-state index contributed by atoms with van der Waals surface area (Å²) in [6.45, 7) is 0. The molecule has 0 nitrogen and oxygen atoms in total. The van der Waals surface area contributed by atoms with Crippen molar-refractivity contribution in [3.05, 3.63) is 124 Å². The van der Waals surface area contributed by atoms with Crippen LogP contribution < -0.4 is 0 Å². The van der Waals surface area contributed by atoms with Crippen LogP contribution in [-0.2, 0) is 34.1 Å². The van der Waals surface area contributed by atoms with Gasteiger partial charge in [-0.1, -0.05) is 31.9 Å². The van der Waals surface area contributed by atoms with Gasteiger partial charge in [-0.2, -0.15) is 0 Å².